The fraction of sp³-hybridized carbons (Fsp3) is 0.391. The third-order valence-electron chi connectivity index (χ3n) is 4.79. The van der Waals surface area contributed by atoms with E-state index in [0.717, 1.165) is 10.6 Å². The van der Waals surface area contributed by atoms with Crippen LogP contribution in [0.15, 0.2) is 45.3 Å². The number of nitrogen functional groups attached to an aromatic ring is 1. The number of aromatic amines is 1. The number of aromatic nitrogens is 3. The molecular formula is C23H29N5O3S. The summed E-state index contributed by atoms with van der Waals surface area (Å²) in [6, 6.07) is 9.74. The van der Waals surface area contributed by atoms with Crippen LogP contribution >= 0.6 is 11.3 Å². The van der Waals surface area contributed by atoms with Crippen LogP contribution in [0.25, 0.3) is 10.6 Å². The maximum absolute atomic E-state index is 13.3. The van der Waals surface area contributed by atoms with Gasteiger partial charge in [-0.15, -0.1) is 11.3 Å². The van der Waals surface area contributed by atoms with Gasteiger partial charge in [-0.25, -0.2) is 9.78 Å². The molecule has 0 bridgehead atoms. The predicted molar refractivity (Wildman–Crippen MR) is 129 cm³/mol. The van der Waals surface area contributed by atoms with E-state index >= 15 is 0 Å². The minimum Gasteiger partial charge on any atom is -0.383 e. The number of hydrogen-bond donors (Lipinski definition) is 2. The van der Waals surface area contributed by atoms with Gasteiger partial charge in [0.15, 0.2) is 5.69 Å². The van der Waals surface area contributed by atoms with E-state index in [9.17, 15) is 14.4 Å². The zero-order chi connectivity index (χ0) is 23.4. The molecule has 32 heavy (non-hydrogen) atoms. The van der Waals surface area contributed by atoms with Gasteiger partial charge in [0.05, 0.1) is 12.1 Å². The van der Waals surface area contributed by atoms with Crippen molar-refractivity contribution in [3.8, 4) is 10.6 Å². The van der Waals surface area contributed by atoms with Crippen LogP contribution < -0.4 is 21.9 Å². The van der Waals surface area contributed by atoms with Crippen LogP contribution in [0, 0.1) is 11.8 Å². The summed E-state index contributed by atoms with van der Waals surface area (Å²) >= 11 is 1.46. The maximum Gasteiger partial charge on any atom is 0.330 e. The monoisotopic (exact) mass is 455 g/mol. The number of thiazole rings is 1. The Morgan fingerprint density at radius 1 is 1.16 bits per heavy atom. The molecule has 0 saturated carbocycles. The van der Waals surface area contributed by atoms with E-state index in [4.69, 9.17) is 5.73 Å². The van der Waals surface area contributed by atoms with E-state index < -0.39 is 11.2 Å². The highest BCUT2D eigenvalue weighted by Crippen LogP contribution is 2.25. The number of anilines is 2. The summed E-state index contributed by atoms with van der Waals surface area (Å²) in [4.78, 5) is 46.6. The molecule has 0 fully saturated rings. The molecule has 8 nitrogen and oxygen atoms in total. The average molecular weight is 456 g/mol. The topological polar surface area (TPSA) is 114 Å². The van der Waals surface area contributed by atoms with Gasteiger partial charge in [-0.05, 0) is 11.8 Å². The number of rotatable bonds is 8. The first-order valence-electron chi connectivity index (χ1n) is 10.6. The molecule has 0 aliphatic heterocycles. The van der Waals surface area contributed by atoms with E-state index in [1.807, 2.05) is 63.4 Å². The Bertz CT molecular complexity index is 1190. The highest BCUT2D eigenvalue weighted by Gasteiger charge is 2.26. The Labute approximate surface area is 190 Å². The normalized spacial score (nSPS) is 11.3. The second-order valence-electron chi connectivity index (χ2n) is 8.58. The summed E-state index contributed by atoms with van der Waals surface area (Å²) in [7, 11) is 0. The highest BCUT2D eigenvalue weighted by molar-refractivity contribution is 7.13. The second-order valence-corrected chi connectivity index (χ2v) is 9.44. The van der Waals surface area contributed by atoms with Crippen LogP contribution in [0.5, 0.6) is 0 Å². The molecule has 1 aromatic carbocycles. The lowest BCUT2D eigenvalue weighted by atomic mass is 10.1. The van der Waals surface area contributed by atoms with Crippen LogP contribution in [0.1, 0.15) is 33.4 Å². The molecule has 0 atom stereocenters. The molecule has 3 N–H and O–H groups in total. The van der Waals surface area contributed by atoms with Crippen LogP contribution in [0.3, 0.4) is 0 Å². The summed E-state index contributed by atoms with van der Waals surface area (Å²) in [5.41, 5.74) is 6.64. The van der Waals surface area contributed by atoms with Crippen LogP contribution in [0.2, 0.25) is 0 Å². The molecule has 0 unspecified atom stereocenters. The van der Waals surface area contributed by atoms with Crippen LogP contribution in [-0.4, -0.2) is 27.0 Å². The van der Waals surface area contributed by atoms with Gasteiger partial charge in [0.1, 0.15) is 10.8 Å². The Morgan fingerprint density at radius 2 is 1.84 bits per heavy atom. The largest absolute Gasteiger partial charge is 0.383 e. The van der Waals surface area contributed by atoms with Gasteiger partial charge in [-0.2, -0.15) is 0 Å². The standard InChI is InChI=1S/C23H29N5O3S/c1-14(2)11-27(19-20(24)28(12-15(3)4)23(31)26-21(19)30)18(29)10-17-13-32-22(25-17)16-8-6-5-7-9-16/h5-9,13-15H,10-12,24H2,1-4H3,(H,26,30,31). The summed E-state index contributed by atoms with van der Waals surface area (Å²) in [6.07, 6.45) is 0.0260. The van der Waals surface area contributed by atoms with Crippen molar-refractivity contribution < 1.29 is 4.79 Å². The fourth-order valence-corrected chi connectivity index (χ4v) is 4.25. The molecular weight excluding hydrogens is 426 g/mol. The number of carbonyl (C=O) groups excluding carboxylic acids is 1. The number of amides is 1. The Balaban J connectivity index is 1.95. The summed E-state index contributed by atoms with van der Waals surface area (Å²) in [5, 5.41) is 2.67. The molecule has 0 spiro atoms. The van der Waals surface area contributed by atoms with E-state index in [1.54, 1.807) is 0 Å². The quantitative estimate of drug-likeness (QED) is 0.542. The number of benzene rings is 1. The Kier molecular flexibility index (Phi) is 7.29. The fourth-order valence-electron chi connectivity index (χ4n) is 3.42. The highest BCUT2D eigenvalue weighted by atomic mass is 32.1. The molecule has 2 aromatic heterocycles. The third kappa shape index (κ3) is 5.34. The average Bonchev–Trinajstić information content (AvgIpc) is 3.19. The van der Waals surface area contributed by atoms with Crippen molar-refractivity contribution in [2.24, 2.45) is 11.8 Å². The minimum absolute atomic E-state index is 0.00435. The molecule has 2 heterocycles. The second kappa shape index (κ2) is 9.95. The van der Waals surface area contributed by atoms with Crippen molar-refractivity contribution in [2.45, 2.75) is 40.7 Å². The minimum atomic E-state index is -0.662. The van der Waals surface area contributed by atoms with E-state index in [2.05, 4.69) is 9.97 Å². The van der Waals surface area contributed by atoms with Gasteiger partial charge >= 0.3 is 5.69 Å². The summed E-state index contributed by atoms with van der Waals surface area (Å²) in [6.45, 7) is 8.42. The molecule has 170 valence electrons. The lowest BCUT2D eigenvalue weighted by Crippen LogP contribution is -2.43. The lowest BCUT2D eigenvalue weighted by molar-refractivity contribution is -0.118. The van der Waals surface area contributed by atoms with Crippen molar-refractivity contribution in [1.29, 1.82) is 0 Å². The van der Waals surface area contributed by atoms with Gasteiger partial charge in [0, 0.05) is 24.0 Å². The van der Waals surface area contributed by atoms with Crippen molar-refractivity contribution >= 4 is 28.7 Å². The van der Waals surface area contributed by atoms with Gasteiger partial charge in [-0.1, -0.05) is 58.0 Å². The summed E-state index contributed by atoms with van der Waals surface area (Å²) in [5.74, 6) is -0.0757. The smallest absolute Gasteiger partial charge is 0.330 e. The zero-order valence-electron chi connectivity index (χ0n) is 18.8. The van der Waals surface area contributed by atoms with Crippen LogP contribution in [0.4, 0.5) is 11.5 Å². The number of nitrogens with one attached hydrogen (secondary N) is 1. The molecule has 1 amide bonds. The predicted octanol–water partition coefficient (Wildman–Crippen LogP) is 3.13. The molecule has 0 aliphatic carbocycles. The molecule has 0 saturated heterocycles. The number of nitrogens with zero attached hydrogens (tertiary/aromatic N) is 3. The van der Waals surface area contributed by atoms with Gasteiger partial charge in [0.25, 0.3) is 5.56 Å². The summed E-state index contributed by atoms with van der Waals surface area (Å²) < 4.78 is 1.32. The SMILES string of the molecule is CC(C)CN(C(=O)Cc1csc(-c2ccccc2)n1)c1c(N)n(CC(C)C)c(=O)[nH]c1=O. The number of carbonyl (C=O) groups is 1. The maximum atomic E-state index is 13.3. The van der Waals surface area contributed by atoms with Gasteiger partial charge in [-0.3, -0.25) is 19.1 Å². The third-order valence-corrected chi connectivity index (χ3v) is 5.73. The van der Waals surface area contributed by atoms with Gasteiger partial charge < -0.3 is 10.6 Å². The van der Waals surface area contributed by atoms with E-state index in [1.165, 1.54) is 20.8 Å². The van der Waals surface area contributed by atoms with Crippen molar-refractivity contribution in [3.05, 3.63) is 62.2 Å². The Hall–Kier alpha value is -3.20. The van der Waals surface area contributed by atoms with E-state index in [-0.39, 0.29) is 35.7 Å². The molecule has 9 heteroatoms. The van der Waals surface area contributed by atoms with Crippen molar-refractivity contribution in [1.82, 2.24) is 14.5 Å². The van der Waals surface area contributed by atoms with Crippen molar-refractivity contribution in [2.75, 3.05) is 17.2 Å². The van der Waals surface area contributed by atoms with E-state index in [0.29, 0.717) is 18.8 Å². The van der Waals surface area contributed by atoms with Gasteiger partial charge in [0.2, 0.25) is 5.91 Å². The zero-order valence-corrected chi connectivity index (χ0v) is 19.6. The van der Waals surface area contributed by atoms with Crippen LogP contribution in [-0.2, 0) is 17.8 Å². The number of hydrogen-bond acceptors (Lipinski definition) is 6. The first-order valence-corrected chi connectivity index (χ1v) is 11.5. The molecule has 3 aromatic rings. The first kappa shape index (κ1) is 23.5. The molecule has 0 aliphatic rings. The molecule has 3 rings (SSSR count). The first-order chi connectivity index (χ1) is 15.2. The van der Waals surface area contributed by atoms with Crippen molar-refractivity contribution in [3.63, 3.8) is 0 Å². The number of H-pyrrole nitrogens is 1. The Morgan fingerprint density at radius 3 is 2.47 bits per heavy atom. The number of nitrogens with two attached hydrogens (primary N) is 1. The lowest BCUT2D eigenvalue weighted by Gasteiger charge is -2.26. The molecule has 0 radical (unpaired) electrons.